The molecule has 0 bridgehead atoms. The number of amides is 2. The van der Waals surface area contributed by atoms with Crippen molar-refractivity contribution in [2.75, 3.05) is 11.9 Å². The Morgan fingerprint density at radius 3 is 2.95 bits per heavy atom. The molecule has 1 aromatic carbocycles. The van der Waals surface area contributed by atoms with Gasteiger partial charge >= 0.3 is 6.03 Å². The lowest BCUT2D eigenvalue weighted by molar-refractivity contribution is 0.163. The third-order valence-electron chi connectivity index (χ3n) is 4.10. The van der Waals surface area contributed by atoms with Crippen LogP contribution >= 0.6 is 0 Å². The maximum absolute atomic E-state index is 12.7. The van der Waals surface area contributed by atoms with Gasteiger partial charge in [0, 0.05) is 24.6 Å². The maximum atomic E-state index is 12.7. The predicted octanol–water partition coefficient (Wildman–Crippen LogP) is 4.15. The van der Waals surface area contributed by atoms with E-state index in [-0.39, 0.29) is 12.1 Å². The zero-order chi connectivity index (χ0) is 15.4. The zero-order valence-corrected chi connectivity index (χ0v) is 12.8. The molecule has 1 N–H and O–H groups in total. The average molecular weight is 295 g/mol. The molecular formula is C18H21N3O. The minimum Gasteiger partial charge on any atom is -0.317 e. The first-order valence-electron chi connectivity index (χ1n) is 7.78. The van der Waals surface area contributed by atoms with Crippen molar-refractivity contribution in [3.63, 3.8) is 0 Å². The van der Waals surface area contributed by atoms with Gasteiger partial charge in [-0.2, -0.15) is 0 Å². The normalized spacial score (nSPS) is 18.0. The first-order valence-corrected chi connectivity index (χ1v) is 7.78. The number of nitrogens with one attached hydrogen (secondary N) is 1. The van der Waals surface area contributed by atoms with Crippen molar-refractivity contribution < 1.29 is 4.79 Å². The number of hydrogen-bond donors (Lipinski definition) is 1. The highest BCUT2D eigenvalue weighted by Crippen LogP contribution is 2.30. The predicted molar refractivity (Wildman–Crippen MR) is 87.7 cm³/mol. The molecule has 1 unspecified atom stereocenters. The van der Waals surface area contributed by atoms with Crippen LogP contribution in [0.15, 0.2) is 48.8 Å². The Bertz CT molecular complexity index is 642. The van der Waals surface area contributed by atoms with Gasteiger partial charge in [-0.15, -0.1) is 0 Å². The van der Waals surface area contributed by atoms with Gasteiger partial charge in [0.25, 0.3) is 0 Å². The summed E-state index contributed by atoms with van der Waals surface area (Å²) in [5.41, 5.74) is 3.10. The van der Waals surface area contributed by atoms with E-state index in [4.69, 9.17) is 0 Å². The molecule has 0 spiro atoms. The first kappa shape index (κ1) is 14.6. The van der Waals surface area contributed by atoms with Crippen LogP contribution in [-0.4, -0.2) is 22.5 Å². The van der Waals surface area contributed by atoms with Crippen molar-refractivity contribution in [2.24, 2.45) is 0 Å². The molecular weight excluding hydrogens is 274 g/mol. The van der Waals surface area contributed by atoms with Gasteiger partial charge in [-0.3, -0.25) is 4.98 Å². The first-order chi connectivity index (χ1) is 10.7. The lowest BCUT2D eigenvalue weighted by atomic mass is 9.97. The summed E-state index contributed by atoms with van der Waals surface area (Å²) in [4.78, 5) is 18.8. The van der Waals surface area contributed by atoms with Crippen LogP contribution in [0.1, 0.15) is 36.4 Å². The minimum absolute atomic E-state index is 0.0286. The van der Waals surface area contributed by atoms with E-state index in [1.165, 1.54) is 0 Å². The van der Waals surface area contributed by atoms with Crippen molar-refractivity contribution in [3.05, 3.63) is 59.9 Å². The van der Waals surface area contributed by atoms with E-state index in [1.54, 1.807) is 6.20 Å². The molecule has 4 heteroatoms. The van der Waals surface area contributed by atoms with Crippen LogP contribution in [0.5, 0.6) is 0 Å². The van der Waals surface area contributed by atoms with Gasteiger partial charge in [-0.05, 0) is 55.5 Å². The van der Waals surface area contributed by atoms with Crippen molar-refractivity contribution >= 4 is 11.7 Å². The number of benzene rings is 1. The zero-order valence-electron chi connectivity index (χ0n) is 12.8. The van der Waals surface area contributed by atoms with E-state index in [0.717, 1.165) is 42.6 Å². The Morgan fingerprint density at radius 1 is 1.27 bits per heavy atom. The lowest BCUT2D eigenvalue weighted by Crippen LogP contribution is -2.41. The number of nitrogens with zero attached hydrogens (tertiary/aromatic N) is 2. The fourth-order valence-corrected chi connectivity index (χ4v) is 3.01. The quantitative estimate of drug-likeness (QED) is 0.904. The van der Waals surface area contributed by atoms with Crippen LogP contribution in [0.4, 0.5) is 10.5 Å². The Morgan fingerprint density at radius 2 is 2.18 bits per heavy atom. The summed E-state index contributed by atoms with van der Waals surface area (Å²) in [6.45, 7) is 2.81. The number of hydrogen-bond acceptors (Lipinski definition) is 2. The highest BCUT2D eigenvalue weighted by atomic mass is 16.2. The molecule has 2 amide bonds. The van der Waals surface area contributed by atoms with Gasteiger partial charge in [0.1, 0.15) is 0 Å². The molecule has 4 nitrogen and oxygen atoms in total. The van der Waals surface area contributed by atoms with Crippen molar-refractivity contribution in [1.82, 2.24) is 9.88 Å². The summed E-state index contributed by atoms with van der Waals surface area (Å²) in [7, 11) is 0. The van der Waals surface area contributed by atoms with Crippen molar-refractivity contribution in [1.29, 1.82) is 0 Å². The molecule has 3 rings (SSSR count). The lowest BCUT2D eigenvalue weighted by Gasteiger charge is -2.35. The van der Waals surface area contributed by atoms with E-state index in [9.17, 15) is 4.79 Å². The number of likely N-dealkylation sites (tertiary alicyclic amines) is 1. The number of carbonyl (C=O) groups excluding carboxylic acids is 1. The van der Waals surface area contributed by atoms with E-state index in [2.05, 4.69) is 16.4 Å². The van der Waals surface area contributed by atoms with E-state index >= 15 is 0 Å². The van der Waals surface area contributed by atoms with Gasteiger partial charge in [-0.25, -0.2) is 4.79 Å². The van der Waals surface area contributed by atoms with Gasteiger partial charge < -0.3 is 10.2 Å². The third kappa shape index (κ3) is 3.27. The molecule has 1 aliphatic rings. The number of anilines is 1. The topological polar surface area (TPSA) is 45.2 Å². The Kier molecular flexibility index (Phi) is 4.37. The smallest absolute Gasteiger partial charge is 0.317 e. The van der Waals surface area contributed by atoms with Gasteiger partial charge in [0.2, 0.25) is 0 Å². The number of rotatable bonds is 2. The van der Waals surface area contributed by atoms with E-state index in [1.807, 2.05) is 48.4 Å². The largest absolute Gasteiger partial charge is 0.322 e. The molecule has 0 aliphatic carbocycles. The second-order valence-electron chi connectivity index (χ2n) is 5.79. The van der Waals surface area contributed by atoms with E-state index < -0.39 is 0 Å². The van der Waals surface area contributed by atoms with Crippen LogP contribution in [0, 0.1) is 6.92 Å². The third-order valence-corrected chi connectivity index (χ3v) is 4.10. The summed E-state index contributed by atoms with van der Waals surface area (Å²) >= 11 is 0. The summed E-state index contributed by atoms with van der Waals surface area (Å²) < 4.78 is 0. The maximum Gasteiger partial charge on any atom is 0.322 e. The second kappa shape index (κ2) is 6.60. The van der Waals surface area contributed by atoms with Crippen molar-refractivity contribution in [3.8, 4) is 0 Å². The number of urea groups is 1. The van der Waals surface area contributed by atoms with Crippen molar-refractivity contribution in [2.45, 2.75) is 32.2 Å². The molecule has 0 radical (unpaired) electrons. The van der Waals surface area contributed by atoms with Crippen LogP contribution in [0.3, 0.4) is 0 Å². The monoisotopic (exact) mass is 295 g/mol. The number of pyridine rings is 1. The summed E-state index contributed by atoms with van der Waals surface area (Å²) in [6.07, 6.45) is 6.82. The summed E-state index contributed by atoms with van der Waals surface area (Å²) in [5, 5.41) is 3.02. The van der Waals surface area contributed by atoms with Crippen LogP contribution in [0.2, 0.25) is 0 Å². The number of piperidine rings is 1. The van der Waals surface area contributed by atoms with Gasteiger partial charge in [0.15, 0.2) is 0 Å². The molecule has 1 fully saturated rings. The molecule has 1 saturated heterocycles. The number of carbonyl (C=O) groups is 1. The number of aromatic nitrogens is 1. The molecule has 1 atom stereocenters. The molecule has 22 heavy (non-hydrogen) atoms. The van der Waals surface area contributed by atoms with Crippen LogP contribution in [-0.2, 0) is 0 Å². The fraction of sp³-hybridized carbons (Fsp3) is 0.333. The average Bonchev–Trinajstić information content (AvgIpc) is 2.56. The van der Waals surface area contributed by atoms with E-state index in [0.29, 0.717) is 0 Å². The van der Waals surface area contributed by atoms with Gasteiger partial charge in [-0.1, -0.05) is 18.2 Å². The summed E-state index contributed by atoms with van der Waals surface area (Å²) in [6, 6.07) is 12.0. The fourth-order valence-electron chi connectivity index (χ4n) is 3.01. The summed E-state index contributed by atoms with van der Waals surface area (Å²) in [5.74, 6) is 0. The highest BCUT2D eigenvalue weighted by molar-refractivity contribution is 5.89. The van der Waals surface area contributed by atoms with Crippen LogP contribution < -0.4 is 5.32 Å². The van der Waals surface area contributed by atoms with Crippen LogP contribution in [0.25, 0.3) is 0 Å². The molecule has 0 saturated carbocycles. The molecule has 1 aromatic heterocycles. The Labute approximate surface area is 131 Å². The molecule has 2 heterocycles. The molecule has 1 aliphatic heterocycles. The highest BCUT2D eigenvalue weighted by Gasteiger charge is 2.28. The standard InChI is InChI=1S/C18H21N3O/c1-14-6-4-8-16(12-14)20-18(22)21-11-3-2-9-17(21)15-7-5-10-19-13-15/h4-8,10,12-13,17H,2-3,9,11H2,1H3,(H,20,22). The Hall–Kier alpha value is -2.36. The van der Waals surface area contributed by atoms with Gasteiger partial charge in [0.05, 0.1) is 6.04 Å². The number of aryl methyl sites for hydroxylation is 1. The molecule has 2 aromatic rings. The molecule has 114 valence electrons. The minimum atomic E-state index is -0.0286. The SMILES string of the molecule is Cc1cccc(NC(=O)N2CCCCC2c2cccnc2)c1. The second-order valence-corrected chi connectivity index (χ2v) is 5.79. The Balaban J connectivity index is 1.77.